The highest BCUT2D eigenvalue weighted by atomic mass is 79.9. The second kappa shape index (κ2) is 5.96. The van der Waals surface area contributed by atoms with Crippen LogP contribution in [0.5, 0.6) is 0 Å². The van der Waals surface area contributed by atoms with Crippen molar-refractivity contribution in [3.05, 3.63) is 43.6 Å². The molecule has 0 fully saturated rings. The third kappa shape index (κ3) is 3.22. The van der Waals surface area contributed by atoms with Crippen molar-refractivity contribution in [3.8, 4) is 11.4 Å². The molecule has 1 aromatic heterocycles. The van der Waals surface area contributed by atoms with Gasteiger partial charge >= 0.3 is 0 Å². The van der Waals surface area contributed by atoms with Gasteiger partial charge in [-0.25, -0.2) is 9.97 Å². The van der Waals surface area contributed by atoms with Crippen LogP contribution in [-0.2, 0) is 0 Å². The van der Waals surface area contributed by atoms with Crippen molar-refractivity contribution >= 4 is 50.7 Å². The van der Waals surface area contributed by atoms with Crippen molar-refractivity contribution in [2.24, 2.45) is 0 Å². The van der Waals surface area contributed by atoms with Crippen LogP contribution in [0.1, 0.15) is 25.3 Å². The van der Waals surface area contributed by atoms with Crippen LogP contribution in [0.15, 0.2) is 22.7 Å². The second-order valence-electron chi connectivity index (χ2n) is 4.33. The van der Waals surface area contributed by atoms with E-state index in [0.717, 1.165) is 15.6 Å². The summed E-state index contributed by atoms with van der Waals surface area (Å²) in [6, 6.07) is 5.45. The summed E-state index contributed by atoms with van der Waals surface area (Å²) in [5.74, 6) is 0.636. The molecular weight excluding hydrogens is 370 g/mol. The number of halogens is 4. The fourth-order valence-corrected chi connectivity index (χ4v) is 2.91. The van der Waals surface area contributed by atoms with Crippen LogP contribution in [0.2, 0.25) is 15.3 Å². The monoisotopic (exact) mass is 378 g/mol. The molecule has 2 nitrogen and oxygen atoms in total. The quantitative estimate of drug-likeness (QED) is 0.598. The van der Waals surface area contributed by atoms with Gasteiger partial charge in [-0.15, -0.1) is 0 Å². The van der Waals surface area contributed by atoms with Crippen LogP contribution in [0.4, 0.5) is 0 Å². The lowest BCUT2D eigenvalue weighted by atomic mass is 10.1. The summed E-state index contributed by atoms with van der Waals surface area (Å²) in [6.45, 7) is 3.99. The van der Waals surface area contributed by atoms with Crippen LogP contribution in [0.3, 0.4) is 0 Å². The first-order chi connectivity index (χ1) is 8.90. The predicted molar refractivity (Wildman–Crippen MR) is 84.3 cm³/mol. The Bertz CT molecular complexity index is 606. The molecule has 2 rings (SSSR count). The SMILES string of the molecule is CC(C)c1c(Cl)nc(-c2ccc(Br)c(Cl)c2)nc1Cl. The van der Waals surface area contributed by atoms with Crippen molar-refractivity contribution in [2.45, 2.75) is 19.8 Å². The van der Waals surface area contributed by atoms with E-state index in [1.165, 1.54) is 0 Å². The summed E-state index contributed by atoms with van der Waals surface area (Å²) in [6.07, 6.45) is 0. The van der Waals surface area contributed by atoms with E-state index >= 15 is 0 Å². The van der Waals surface area contributed by atoms with Crippen LogP contribution in [0.25, 0.3) is 11.4 Å². The lowest BCUT2D eigenvalue weighted by Crippen LogP contribution is -1.99. The summed E-state index contributed by atoms with van der Waals surface area (Å²) in [5.41, 5.74) is 1.53. The number of nitrogens with zero attached hydrogens (tertiary/aromatic N) is 2. The van der Waals surface area contributed by atoms with Crippen LogP contribution < -0.4 is 0 Å². The molecule has 100 valence electrons. The van der Waals surface area contributed by atoms with E-state index < -0.39 is 0 Å². The maximum Gasteiger partial charge on any atom is 0.162 e. The van der Waals surface area contributed by atoms with Crippen molar-refractivity contribution in [2.75, 3.05) is 0 Å². The highest BCUT2D eigenvalue weighted by Crippen LogP contribution is 2.32. The first-order valence-corrected chi connectivity index (χ1v) is 7.51. The fraction of sp³-hybridized carbons (Fsp3) is 0.231. The predicted octanol–water partition coefficient (Wildman–Crippen LogP) is 5.99. The molecule has 0 N–H and O–H groups in total. The largest absolute Gasteiger partial charge is 0.216 e. The zero-order valence-electron chi connectivity index (χ0n) is 10.2. The molecule has 0 spiro atoms. The molecule has 0 amide bonds. The first-order valence-electron chi connectivity index (χ1n) is 5.58. The zero-order valence-corrected chi connectivity index (χ0v) is 14.1. The first kappa shape index (κ1) is 15.0. The minimum absolute atomic E-state index is 0.169. The van der Waals surface area contributed by atoms with Gasteiger partial charge in [-0.3, -0.25) is 0 Å². The molecule has 6 heteroatoms. The Balaban J connectivity index is 2.55. The van der Waals surface area contributed by atoms with Gasteiger partial charge in [0.05, 0.1) is 5.02 Å². The van der Waals surface area contributed by atoms with E-state index in [2.05, 4.69) is 25.9 Å². The highest BCUT2D eigenvalue weighted by Gasteiger charge is 2.15. The molecule has 0 bridgehead atoms. The normalized spacial score (nSPS) is 11.1. The average molecular weight is 380 g/mol. The molecule has 0 saturated heterocycles. The number of hydrogen-bond acceptors (Lipinski definition) is 2. The van der Waals surface area contributed by atoms with E-state index in [-0.39, 0.29) is 5.92 Å². The van der Waals surface area contributed by atoms with Crippen LogP contribution in [-0.4, -0.2) is 9.97 Å². The Kier molecular flexibility index (Phi) is 4.72. The number of aromatic nitrogens is 2. The smallest absolute Gasteiger partial charge is 0.162 e. The van der Waals surface area contributed by atoms with Gasteiger partial charge in [-0.05, 0) is 40.0 Å². The Labute approximate surface area is 135 Å². The Hall–Kier alpha value is -0.350. The Morgan fingerprint density at radius 1 is 1.05 bits per heavy atom. The minimum Gasteiger partial charge on any atom is -0.216 e. The van der Waals surface area contributed by atoms with Crippen molar-refractivity contribution in [1.82, 2.24) is 9.97 Å². The minimum atomic E-state index is 0.169. The number of benzene rings is 1. The van der Waals surface area contributed by atoms with E-state index in [9.17, 15) is 0 Å². The topological polar surface area (TPSA) is 25.8 Å². The molecule has 0 aliphatic rings. The van der Waals surface area contributed by atoms with E-state index in [0.29, 0.717) is 21.2 Å². The second-order valence-corrected chi connectivity index (χ2v) is 6.30. The van der Waals surface area contributed by atoms with Crippen LogP contribution >= 0.6 is 50.7 Å². The Morgan fingerprint density at radius 3 is 2.11 bits per heavy atom. The van der Waals surface area contributed by atoms with Gasteiger partial charge in [-0.1, -0.05) is 48.7 Å². The van der Waals surface area contributed by atoms with E-state index in [1.807, 2.05) is 26.0 Å². The maximum absolute atomic E-state index is 6.17. The molecular formula is C13H10BrCl3N2. The van der Waals surface area contributed by atoms with Gasteiger partial charge in [0, 0.05) is 15.6 Å². The summed E-state index contributed by atoms with van der Waals surface area (Å²) in [4.78, 5) is 8.58. The van der Waals surface area contributed by atoms with Gasteiger partial charge < -0.3 is 0 Å². The van der Waals surface area contributed by atoms with Gasteiger partial charge in [0.15, 0.2) is 5.82 Å². The fourth-order valence-electron chi connectivity index (χ4n) is 1.66. The highest BCUT2D eigenvalue weighted by molar-refractivity contribution is 9.10. The lowest BCUT2D eigenvalue weighted by molar-refractivity contribution is 0.848. The lowest BCUT2D eigenvalue weighted by Gasteiger charge is -2.11. The van der Waals surface area contributed by atoms with Gasteiger partial charge in [0.1, 0.15) is 10.3 Å². The standard InChI is InChI=1S/C13H10BrCl3N2/c1-6(2)10-11(16)18-13(19-12(10)17)7-3-4-8(14)9(15)5-7/h3-6H,1-2H3. The third-order valence-corrected chi connectivity index (χ3v) is 4.42. The molecule has 19 heavy (non-hydrogen) atoms. The van der Waals surface area contributed by atoms with Crippen molar-refractivity contribution in [1.29, 1.82) is 0 Å². The molecule has 0 saturated carbocycles. The molecule has 0 atom stereocenters. The summed E-state index contributed by atoms with van der Waals surface area (Å²) < 4.78 is 0.814. The van der Waals surface area contributed by atoms with Gasteiger partial charge in [-0.2, -0.15) is 0 Å². The Morgan fingerprint density at radius 2 is 1.63 bits per heavy atom. The molecule has 1 aromatic carbocycles. The van der Waals surface area contributed by atoms with Crippen LogP contribution in [0, 0.1) is 0 Å². The molecule has 2 aromatic rings. The van der Waals surface area contributed by atoms with E-state index in [4.69, 9.17) is 34.8 Å². The summed E-state index contributed by atoms with van der Waals surface area (Å²) >= 11 is 21.7. The zero-order chi connectivity index (χ0) is 14.2. The number of hydrogen-bond donors (Lipinski definition) is 0. The number of rotatable bonds is 2. The molecule has 0 aliphatic carbocycles. The van der Waals surface area contributed by atoms with Crippen molar-refractivity contribution in [3.63, 3.8) is 0 Å². The van der Waals surface area contributed by atoms with E-state index in [1.54, 1.807) is 6.07 Å². The maximum atomic E-state index is 6.17. The summed E-state index contributed by atoms with van der Waals surface area (Å²) in [5, 5.41) is 1.34. The van der Waals surface area contributed by atoms with Crippen molar-refractivity contribution < 1.29 is 0 Å². The van der Waals surface area contributed by atoms with Gasteiger partial charge in [0.2, 0.25) is 0 Å². The average Bonchev–Trinajstić information content (AvgIpc) is 2.31. The summed E-state index contributed by atoms with van der Waals surface area (Å²) in [7, 11) is 0. The van der Waals surface area contributed by atoms with Gasteiger partial charge in [0.25, 0.3) is 0 Å². The molecule has 0 aliphatic heterocycles. The third-order valence-electron chi connectivity index (χ3n) is 2.61. The molecule has 0 unspecified atom stereocenters. The molecule has 1 heterocycles. The molecule has 0 radical (unpaired) electrons.